The molecule has 1 aliphatic carbocycles. The Labute approximate surface area is 88.8 Å². The van der Waals surface area contributed by atoms with Crippen molar-refractivity contribution >= 4 is 0 Å². The van der Waals surface area contributed by atoms with E-state index in [4.69, 9.17) is 5.73 Å². The van der Waals surface area contributed by atoms with Crippen LogP contribution in [0.25, 0.3) is 0 Å². The zero-order valence-electron chi connectivity index (χ0n) is 10.2. The molecule has 0 radical (unpaired) electrons. The van der Waals surface area contributed by atoms with Crippen LogP contribution in [0.1, 0.15) is 47.0 Å². The van der Waals surface area contributed by atoms with E-state index in [1.165, 1.54) is 25.8 Å². The smallest absolute Gasteiger partial charge is 0.0113 e. The lowest BCUT2D eigenvalue weighted by atomic mass is 10.1. The Bertz CT molecular complexity index is 166. The predicted octanol–water partition coefficient (Wildman–Crippen LogP) is 2.23. The van der Waals surface area contributed by atoms with Crippen LogP contribution in [0.3, 0.4) is 0 Å². The summed E-state index contributed by atoms with van der Waals surface area (Å²) in [5.41, 5.74) is 5.97. The average molecular weight is 198 g/mol. The zero-order chi connectivity index (χ0) is 10.7. The van der Waals surface area contributed by atoms with Gasteiger partial charge in [-0.1, -0.05) is 13.8 Å². The van der Waals surface area contributed by atoms with Crippen LogP contribution in [0.2, 0.25) is 0 Å². The molecule has 14 heavy (non-hydrogen) atoms. The first kappa shape index (κ1) is 12.0. The SMILES string of the molecule is CC(C)CN(C(C)C)C1CCC(N)C1. The van der Waals surface area contributed by atoms with Gasteiger partial charge >= 0.3 is 0 Å². The summed E-state index contributed by atoms with van der Waals surface area (Å²) in [6.45, 7) is 10.4. The number of rotatable bonds is 4. The van der Waals surface area contributed by atoms with Gasteiger partial charge in [-0.3, -0.25) is 4.90 Å². The maximum absolute atomic E-state index is 5.97. The highest BCUT2D eigenvalue weighted by atomic mass is 15.2. The van der Waals surface area contributed by atoms with Gasteiger partial charge in [-0.05, 0) is 39.0 Å². The number of nitrogens with two attached hydrogens (primary N) is 1. The second-order valence-corrected chi connectivity index (χ2v) is 5.41. The predicted molar refractivity (Wildman–Crippen MR) is 62.3 cm³/mol. The van der Waals surface area contributed by atoms with Gasteiger partial charge in [-0.15, -0.1) is 0 Å². The molecule has 2 heteroatoms. The normalized spacial score (nSPS) is 28.3. The standard InChI is InChI=1S/C12H26N2/c1-9(2)8-14(10(3)4)12-6-5-11(13)7-12/h9-12H,5-8,13H2,1-4H3. The van der Waals surface area contributed by atoms with Crippen LogP contribution in [0.5, 0.6) is 0 Å². The Balaban J connectivity index is 2.50. The summed E-state index contributed by atoms with van der Waals surface area (Å²) in [5.74, 6) is 0.759. The lowest BCUT2D eigenvalue weighted by Crippen LogP contribution is -2.42. The minimum atomic E-state index is 0.452. The summed E-state index contributed by atoms with van der Waals surface area (Å²) in [7, 11) is 0. The molecule has 0 amide bonds. The molecule has 0 aliphatic heterocycles. The number of hydrogen-bond donors (Lipinski definition) is 1. The van der Waals surface area contributed by atoms with Crippen molar-refractivity contribution in [3.8, 4) is 0 Å². The fraction of sp³-hybridized carbons (Fsp3) is 1.00. The summed E-state index contributed by atoms with van der Waals surface area (Å²) in [6, 6.07) is 1.86. The van der Waals surface area contributed by atoms with E-state index < -0.39 is 0 Å². The average Bonchev–Trinajstić information content (AvgIpc) is 2.46. The van der Waals surface area contributed by atoms with E-state index in [1.807, 2.05) is 0 Å². The molecule has 84 valence electrons. The molecule has 0 heterocycles. The molecule has 1 rings (SSSR count). The van der Waals surface area contributed by atoms with E-state index >= 15 is 0 Å². The molecule has 2 unspecified atom stereocenters. The van der Waals surface area contributed by atoms with Crippen LogP contribution in [-0.2, 0) is 0 Å². The molecule has 1 fully saturated rings. The fourth-order valence-corrected chi connectivity index (χ4v) is 2.50. The first-order valence-corrected chi connectivity index (χ1v) is 6.02. The van der Waals surface area contributed by atoms with Gasteiger partial charge in [0.05, 0.1) is 0 Å². The molecule has 1 saturated carbocycles. The summed E-state index contributed by atoms with van der Waals surface area (Å²) in [6.07, 6.45) is 3.71. The lowest BCUT2D eigenvalue weighted by molar-refractivity contribution is 0.136. The van der Waals surface area contributed by atoms with E-state index in [0.717, 1.165) is 12.0 Å². The van der Waals surface area contributed by atoms with Gasteiger partial charge in [0, 0.05) is 24.7 Å². The third-order valence-electron chi connectivity index (χ3n) is 3.15. The maximum Gasteiger partial charge on any atom is 0.0113 e. The Hall–Kier alpha value is -0.0800. The maximum atomic E-state index is 5.97. The topological polar surface area (TPSA) is 29.3 Å². The van der Waals surface area contributed by atoms with Gasteiger partial charge in [-0.2, -0.15) is 0 Å². The van der Waals surface area contributed by atoms with E-state index in [2.05, 4.69) is 32.6 Å². The molecule has 0 aromatic carbocycles. The third kappa shape index (κ3) is 3.25. The van der Waals surface area contributed by atoms with E-state index in [9.17, 15) is 0 Å². The molecular formula is C12H26N2. The summed E-state index contributed by atoms with van der Waals surface area (Å²) < 4.78 is 0. The van der Waals surface area contributed by atoms with E-state index in [1.54, 1.807) is 0 Å². The van der Waals surface area contributed by atoms with Gasteiger partial charge in [-0.25, -0.2) is 0 Å². The highest BCUT2D eigenvalue weighted by Crippen LogP contribution is 2.25. The quantitative estimate of drug-likeness (QED) is 0.750. The molecule has 0 saturated heterocycles. The Kier molecular flexibility index (Phi) is 4.39. The molecule has 0 aromatic heterocycles. The van der Waals surface area contributed by atoms with E-state index in [-0.39, 0.29) is 0 Å². The van der Waals surface area contributed by atoms with Crippen LogP contribution in [0.15, 0.2) is 0 Å². The van der Waals surface area contributed by atoms with Gasteiger partial charge in [0.1, 0.15) is 0 Å². The monoisotopic (exact) mass is 198 g/mol. The Morgan fingerprint density at radius 2 is 1.86 bits per heavy atom. The molecule has 0 spiro atoms. The zero-order valence-corrected chi connectivity index (χ0v) is 10.2. The highest BCUT2D eigenvalue weighted by Gasteiger charge is 2.28. The minimum Gasteiger partial charge on any atom is -0.328 e. The highest BCUT2D eigenvalue weighted by molar-refractivity contribution is 4.86. The Morgan fingerprint density at radius 3 is 2.21 bits per heavy atom. The second-order valence-electron chi connectivity index (χ2n) is 5.41. The molecular weight excluding hydrogens is 172 g/mol. The molecule has 2 atom stereocenters. The van der Waals surface area contributed by atoms with Crippen molar-refractivity contribution in [3.05, 3.63) is 0 Å². The molecule has 1 aliphatic rings. The molecule has 0 aromatic rings. The van der Waals surface area contributed by atoms with Crippen molar-refractivity contribution in [1.29, 1.82) is 0 Å². The van der Waals surface area contributed by atoms with Crippen LogP contribution in [0, 0.1) is 5.92 Å². The van der Waals surface area contributed by atoms with Crippen molar-refractivity contribution in [2.24, 2.45) is 11.7 Å². The number of nitrogens with zero attached hydrogens (tertiary/aromatic N) is 1. The Morgan fingerprint density at radius 1 is 1.21 bits per heavy atom. The summed E-state index contributed by atoms with van der Waals surface area (Å²) in [5, 5.41) is 0. The molecule has 2 nitrogen and oxygen atoms in total. The van der Waals surface area contributed by atoms with E-state index in [0.29, 0.717) is 12.1 Å². The van der Waals surface area contributed by atoms with Gasteiger partial charge in [0.15, 0.2) is 0 Å². The summed E-state index contributed by atoms with van der Waals surface area (Å²) in [4.78, 5) is 2.64. The van der Waals surface area contributed by atoms with Crippen molar-refractivity contribution in [1.82, 2.24) is 4.90 Å². The van der Waals surface area contributed by atoms with Gasteiger partial charge in [0.2, 0.25) is 0 Å². The first-order valence-electron chi connectivity index (χ1n) is 6.02. The summed E-state index contributed by atoms with van der Waals surface area (Å²) >= 11 is 0. The van der Waals surface area contributed by atoms with Crippen molar-refractivity contribution < 1.29 is 0 Å². The lowest BCUT2D eigenvalue weighted by Gasteiger charge is -2.34. The van der Waals surface area contributed by atoms with Crippen molar-refractivity contribution in [2.45, 2.75) is 65.1 Å². The van der Waals surface area contributed by atoms with Gasteiger partial charge in [0.25, 0.3) is 0 Å². The van der Waals surface area contributed by atoms with Gasteiger partial charge < -0.3 is 5.73 Å². The molecule has 2 N–H and O–H groups in total. The fourth-order valence-electron chi connectivity index (χ4n) is 2.50. The largest absolute Gasteiger partial charge is 0.328 e. The second kappa shape index (κ2) is 5.13. The van der Waals surface area contributed by atoms with Crippen LogP contribution in [0.4, 0.5) is 0 Å². The molecule has 0 bridgehead atoms. The van der Waals surface area contributed by atoms with Crippen molar-refractivity contribution in [2.75, 3.05) is 6.54 Å². The van der Waals surface area contributed by atoms with Crippen LogP contribution < -0.4 is 5.73 Å². The first-order chi connectivity index (χ1) is 6.50. The van der Waals surface area contributed by atoms with Crippen molar-refractivity contribution in [3.63, 3.8) is 0 Å². The van der Waals surface area contributed by atoms with Crippen LogP contribution >= 0.6 is 0 Å². The minimum absolute atomic E-state index is 0.452. The third-order valence-corrected chi connectivity index (χ3v) is 3.15. The van der Waals surface area contributed by atoms with Crippen LogP contribution in [-0.4, -0.2) is 29.6 Å². The number of hydrogen-bond acceptors (Lipinski definition) is 2.